The standard InChI is InChI=1S/C18H15F6NO3/c19-17(20,21)11-27-10-13-1-5-14(6-2-13)16(26)25-9-12-3-7-15(8-4-12)28-18(22,23)24/h1-8H,9-11H2,(H,25,26). The van der Waals surface area contributed by atoms with Crippen LogP contribution in [0, 0.1) is 0 Å². The highest BCUT2D eigenvalue weighted by Gasteiger charge is 2.31. The molecule has 0 spiro atoms. The highest BCUT2D eigenvalue weighted by molar-refractivity contribution is 5.94. The molecule has 1 amide bonds. The molecule has 0 aliphatic carbocycles. The molecule has 0 heterocycles. The van der Waals surface area contributed by atoms with Gasteiger partial charge in [0.1, 0.15) is 12.4 Å². The topological polar surface area (TPSA) is 47.6 Å². The second-order valence-corrected chi connectivity index (χ2v) is 5.68. The minimum Gasteiger partial charge on any atom is -0.406 e. The summed E-state index contributed by atoms with van der Waals surface area (Å²) in [6.07, 6.45) is -9.18. The zero-order valence-electron chi connectivity index (χ0n) is 14.2. The zero-order valence-corrected chi connectivity index (χ0v) is 14.2. The molecule has 2 aromatic rings. The normalized spacial score (nSPS) is 11.9. The second-order valence-electron chi connectivity index (χ2n) is 5.68. The van der Waals surface area contributed by atoms with Crippen molar-refractivity contribution in [2.45, 2.75) is 25.7 Å². The Hall–Kier alpha value is -2.75. The largest absolute Gasteiger partial charge is 0.573 e. The number of amides is 1. The molecule has 2 rings (SSSR count). The molecular weight excluding hydrogens is 392 g/mol. The number of hydrogen-bond acceptors (Lipinski definition) is 3. The lowest BCUT2D eigenvalue weighted by Crippen LogP contribution is -2.22. The van der Waals surface area contributed by atoms with Crippen molar-refractivity contribution in [2.24, 2.45) is 0 Å². The van der Waals surface area contributed by atoms with E-state index in [4.69, 9.17) is 0 Å². The first-order valence-electron chi connectivity index (χ1n) is 7.88. The molecule has 28 heavy (non-hydrogen) atoms. The van der Waals surface area contributed by atoms with Gasteiger partial charge in [-0.15, -0.1) is 13.2 Å². The van der Waals surface area contributed by atoms with Crippen molar-refractivity contribution < 1.29 is 40.6 Å². The summed E-state index contributed by atoms with van der Waals surface area (Å²) in [6, 6.07) is 10.8. The first kappa shape index (κ1) is 21.5. The first-order chi connectivity index (χ1) is 13.0. The summed E-state index contributed by atoms with van der Waals surface area (Å²) < 4.78 is 80.6. The van der Waals surface area contributed by atoms with Crippen LogP contribution >= 0.6 is 0 Å². The first-order valence-corrected chi connectivity index (χ1v) is 7.88. The van der Waals surface area contributed by atoms with E-state index < -0.39 is 25.1 Å². The predicted octanol–water partition coefficient (Wildman–Crippen LogP) is 4.59. The average Bonchev–Trinajstić information content (AvgIpc) is 2.59. The van der Waals surface area contributed by atoms with Crippen molar-refractivity contribution in [3.63, 3.8) is 0 Å². The van der Waals surface area contributed by atoms with Gasteiger partial charge in [-0.3, -0.25) is 4.79 Å². The van der Waals surface area contributed by atoms with Crippen LogP contribution in [0.5, 0.6) is 5.75 Å². The van der Waals surface area contributed by atoms with E-state index in [-0.39, 0.29) is 24.5 Å². The monoisotopic (exact) mass is 407 g/mol. The minimum absolute atomic E-state index is 0.0710. The molecule has 2 aromatic carbocycles. The fourth-order valence-electron chi connectivity index (χ4n) is 2.13. The number of ether oxygens (including phenoxy) is 2. The van der Waals surface area contributed by atoms with E-state index in [9.17, 15) is 31.1 Å². The van der Waals surface area contributed by atoms with Gasteiger partial charge in [0.05, 0.1) is 6.61 Å². The molecule has 0 aromatic heterocycles. The summed E-state index contributed by atoms with van der Waals surface area (Å²) in [5, 5.41) is 2.58. The van der Waals surface area contributed by atoms with Crippen LogP contribution in [-0.4, -0.2) is 25.1 Å². The number of halogens is 6. The van der Waals surface area contributed by atoms with E-state index in [2.05, 4.69) is 14.8 Å². The van der Waals surface area contributed by atoms with Crippen molar-refractivity contribution in [1.29, 1.82) is 0 Å². The van der Waals surface area contributed by atoms with Crippen molar-refractivity contribution in [1.82, 2.24) is 5.32 Å². The molecule has 0 saturated carbocycles. The second kappa shape index (κ2) is 8.96. The van der Waals surface area contributed by atoms with Crippen LogP contribution in [-0.2, 0) is 17.9 Å². The van der Waals surface area contributed by atoms with Crippen LogP contribution in [0.3, 0.4) is 0 Å². The number of nitrogens with one attached hydrogen (secondary N) is 1. The third kappa shape index (κ3) is 7.87. The van der Waals surface area contributed by atoms with Crippen LogP contribution < -0.4 is 10.1 Å². The van der Waals surface area contributed by atoms with E-state index >= 15 is 0 Å². The Morgan fingerprint density at radius 2 is 1.43 bits per heavy atom. The maximum absolute atomic E-state index is 12.1. The van der Waals surface area contributed by atoms with Gasteiger partial charge in [-0.1, -0.05) is 24.3 Å². The van der Waals surface area contributed by atoms with Gasteiger partial charge in [0.15, 0.2) is 0 Å². The number of hydrogen-bond donors (Lipinski definition) is 1. The van der Waals surface area contributed by atoms with E-state index in [1.807, 2.05) is 0 Å². The predicted molar refractivity (Wildman–Crippen MR) is 86.4 cm³/mol. The lowest BCUT2D eigenvalue weighted by Gasteiger charge is -2.10. The Bertz CT molecular complexity index is 770. The smallest absolute Gasteiger partial charge is 0.406 e. The van der Waals surface area contributed by atoms with Gasteiger partial charge in [0.25, 0.3) is 5.91 Å². The third-order valence-electron chi connectivity index (χ3n) is 3.36. The Labute approximate surface area is 156 Å². The number of carbonyl (C=O) groups is 1. The molecule has 0 aliphatic heterocycles. The van der Waals surface area contributed by atoms with Gasteiger partial charge in [-0.25, -0.2) is 0 Å². The van der Waals surface area contributed by atoms with Gasteiger partial charge < -0.3 is 14.8 Å². The Morgan fingerprint density at radius 3 is 1.96 bits per heavy atom. The van der Waals surface area contributed by atoms with Gasteiger partial charge in [0, 0.05) is 12.1 Å². The molecule has 4 nitrogen and oxygen atoms in total. The Balaban J connectivity index is 1.82. The van der Waals surface area contributed by atoms with Gasteiger partial charge >= 0.3 is 12.5 Å². The fourth-order valence-corrected chi connectivity index (χ4v) is 2.13. The zero-order chi connectivity index (χ0) is 20.8. The van der Waals surface area contributed by atoms with Crippen molar-refractivity contribution in [3.8, 4) is 5.75 Å². The molecule has 1 N–H and O–H groups in total. The molecule has 0 saturated heterocycles. The summed E-state index contributed by atoms with van der Waals surface area (Å²) in [6.45, 7) is -1.53. The van der Waals surface area contributed by atoms with E-state index in [0.717, 1.165) is 12.1 Å². The lowest BCUT2D eigenvalue weighted by atomic mass is 10.1. The van der Waals surface area contributed by atoms with Gasteiger partial charge in [-0.2, -0.15) is 13.2 Å². The molecule has 0 radical (unpaired) electrons. The highest BCUT2D eigenvalue weighted by Crippen LogP contribution is 2.22. The maximum atomic E-state index is 12.1. The molecule has 0 atom stereocenters. The summed E-state index contributed by atoms with van der Waals surface area (Å²) in [7, 11) is 0. The van der Waals surface area contributed by atoms with Crippen LogP contribution in [0.25, 0.3) is 0 Å². The molecule has 152 valence electrons. The molecule has 0 bridgehead atoms. The minimum atomic E-state index is -4.78. The van der Waals surface area contributed by atoms with Crippen LogP contribution in [0.4, 0.5) is 26.3 Å². The summed E-state index contributed by atoms with van der Waals surface area (Å²) in [5.41, 5.74) is 1.30. The number of rotatable bonds is 7. The summed E-state index contributed by atoms with van der Waals surface area (Å²) in [4.78, 5) is 12.1. The van der Waals surface area contributed by atoms with Crippen LogP contribution in [0.1, 0.15) is 21.5 Å². The summed E-state index contributed by atoms with van der Waals surface area (Å²) >= 11 is 0. The van der Waals surface area contributed by atoms with Crippen molar-refractivity contribution >= 4 is 5.91 Å². The Morgan fingerprint density at radius 1 is 0.857 bits per heavy atom. The van der Waals surface area contributed by atoms with Crippen LogP contribution in [0.2, 0.25) is 0 Å². The van der Waals surface area contributed by atoms with Crippen molar-refractivity contribution in [3.05, 3.63) is 65.2 Å². The molecule has 10 heteroatoms. The SMILES string of the molecule is O=C(NCc1ccc(OC(F)(F)F)cc1)c1ccc(COCC(F)(F)F)cc1. The Kier molecular flexibility index (Phi) is 6.90. The van der Waals surface area contributed by atoms with Crippen molar-refractivity contribution in [2.75, 3.05) is 6.61 Å². The van der Waals surface area contributed by atoms with Crippen LogP contribution in [0.15, 0.2) is 48.5 Å². The molecule has 0 unspecified atom stereocenters. The molecular formula is C18H15F6NO3. The van der Waals surface area contributed by atoms with Gasteiger partial charge in [0.2, 0.25) is 0 Å². The average molecular weight is 407 g/mol. The summed E-state index contributed by atoms with van der Waals surface area (Å²) in [5.74, 6) is -0.815. The molecule has 0 aliphatic rings. The number of alkyl halides is 6. The fraction of sp³-hybridized carbons (Fsp3) is 0.278. The quantitative estimate of drug-likeness (QED) is 0.683. The molecule has 0 fully saturated rings. The van der Waals surface area contributed by atoms with E-state index in [0.29, 0.717) is 11.1 Å². The van der Waals surface area contributed by atoms with Gasteiger partial charge in [-0.05, 0) is 35.4 Å². The number of benzene rings is 2. The maximum Gasteiger partial charge on any atom is 0.573 e. The third-order valence-corrected chi connectivity index (χ3v) is 3.36. The highest BCUT2D eigenvalue weighted by atomic mass is 19.4. The number of carbonyl (C=O) groups excluding carboxylic acids is 1. The van der Waals surface area contributed by atoms with E-state index in [1.54, 1.807) is 0 Å². The van der Waals surface area contributed by atoms with E-state index in [1.165, 1.54) is 36.4 Å². The lowest BCUT2D eigenvalue weighted by molar-refractivity contribution is -0.274.